The SMILES string of the molecule is CN=C(NC#N)NC1CCC(CNC(=O)c2ccc(=O)[nH]n2)(c2ccccc2)CC1. The molecule has 1 aromatic carbocycles. The number of nitriles is 1. The third kappa shape index (κ3) is 5.03. The molecule has 0 unspecified atom stereocenters. The molecule has 0 radical (unpaired) electrons. The summed E-state index contributed by atoms with van der Waals surface area (Å²) in [6.07, 6.45) is 5.34. The highest BCUT2D eigenvalue weighted by molar-refractivity contribution is 5.92. The second-order valence-electron chi connectivity index (χ2n) is 7.36. The van der Waals surface area contributed by atoms with Gasteiger partial charge in [-0.1, -0.05) is 30.3 Å². The van der Waals surface area contributed by atoms with Crippen LogP contribution in [0, 0.1) is 11.5 Å². The second kappa shape index (κ2) is 9.69. The van der Waals surface area contributed by atoms with E-state index in [9.17, 15) is 9.59 Å². The van der Waals surface area contributed by atoms with Gasteiger partial charge in [0.05, 0.1) is 0 Å². The van der Waals surface area contributed by atoms with Crippen molar-refractivity contribution < 1.29 is 4.79 Å². The van der Waals surface area contributed by atoms with E-state index in [-0.39, 0.29) is 28.6 Å². The summed E-state index contributed by atoms with van der Waals surface area (Å²) in [5, 5.41) is 23.7. The lowest BCUT2D eigenvalue weighted by atomic mass is 9.68. The number of amides is 1. The standard InChI is InChI=1S/C21H25N7O2/c1-23-20(25-14-22)26-16-9-11-21(12-10-16,15-5-3-2-4-6-15)13-24-19(30)17-7-8-18(29)28-27-17/h2-8,16H,9-13H2,1H3,(H,24,30)(H,28,29)(H2,23,25,26). The number of aromatic nitrogens is 2. The topological polar surface area (TPSA) is 135 Å². The van der Waals surface area contributed by atoms with Crippen LogP contribution in [0.25, 0.3) is 0 Å². The fourth-order valence-corrected chi connectivity index (χ4v) is 3.89. The quantitative estimate of drug-likeness (QED) is 0.253. The van der Waals surface area contributed by atoms with Gasteiger partial charge in [0.1, 0.15) is 5.69 Å². The fraction of sp³-hybridized carbons (Fsp3) is 0.381. The van der Waals surface area contributed by atoms with Crippen LogP contribution in [-0.4, -0.2) is 41.7 Å². The van der Waals surface area contributed by atoms with E-state index < -0.39 is 0 Å². The molecule has 1 heterocycles. The van der Waals surface area contributed by atoms with Crippen molar-refractivity contribution in [1.82, 2.24) is 26.1 Å². The van der Waals surface area contributed by atoms with Gasteiger partial charge in [0.25, 0.3) is 11.5 Å². The summed E-state index contributed by atoms with van der Waals surface area (Å²) >= 11 is 0. The average molecular weight is 407 g/mol. The zero-order chi connectivity index (χ0) is 21.4. The van der Waals surface area contributed by atoms with Gasteiger partial charge in [0.2, 0.25) is 5.96 Å². The van der Waals surface area contributed by atoms with Crippen molar-refractivity contribution in [1.29, 1.82) is 5.26 Å². The van der Waals surface area contributed by atoms with Crippen LogP contribution in [0.4, 0.5) is 0 Å². The Balaban J connectivity index is 1.71. The van der Waals surface area contributed by atoms with Gasteiger partial charge in [-0.2, -0.15) is 10.4 Å². The smallest absolute Gasteiger partial charge is 0.271 e. The maximum Gasteiger partial charge on any atom is 0.271 e. The summed E-state index contributed by atoms with van der Waals surface area (Å²) in [6.45, 7) is 0.467. The van der Waals surface area contributed by atoms with Crippen molar-refractivity contribution in [2.75, 3.05) is 13.6 Å². The molecule has 1 aliphatic rings. The van der Waals surface area contributed by atoms with Crippen molar-refractivity contribution in [3.05, 3.63) is 64.1 Å². The largest absolute Gasteiger partial charge is 0.353 e. The number of benzene rings is 1. The molecule has 30 heavy (non-hydrogen) atoms. The van der Waals surface area contributed by atoms with E-state index in [2.05, 4.69) is 43.3 Å². The molecule has 0 saturated heterocycles. The Morgan fingerprint density at radius 2 is 2.00 bits per heavy atom. The van der Waals surface area contributed by atoms with Gasteiger partial charge in [-0.05, 0) is 37.3 Å². The zero-order valence-electron chi connectivity index (χ0n) is 16.8. The molecule has 2 aromatic rings. The minimum absolute atomic E-state index is 0.180. The predicted octanol–water partition coefficient (Wildman–Crippen LogP) is 1.03. The molecule has 1 fully saturated rings. The molecule has 0 aliphatic heterocycles. The lowest BCUT2D eigenvalue weighted by Gasteiger charge is -2.41. The number of H-pyrrole nitrogens is 1. The summed E-state index contributed by atoms with van der Waals surface area (Å²) in [5.41, 5.74) is 0.806. The van der Waals surface area contributed by atoms with Crippen molar-refractivity contribution in [2.45, 2.75) is 37.1 Å². The van der Waals surface area contributed by atoms with Crippen LogP contribution in [0.1, 0.15) is 41.7 Å². The molecule has 1 aromatic heterocycles. The third-order valence-electron chi connectivity index (χ3n) is 5.57. The summed E-state index contributed by atoms with van der Waals surface area (Å²) < 4.78 is 0. The molecule has 9 heteroatoms. The number of rotatable bonds is 5. The Hall–Kier alpha value is -3.67. The van der Waals surface area contributed by atoms with E-state index in [0.29, 0.717) is 12.5 Å². The molecule has 4 N–H and O–H groups in total. The normalized spacial score (nSPS) is 21.3. The second-order valence-corrected chi connectivity index (χ2v) is 7.36. The van der Waals surface area contributed by atoms with Crippen LogP contribution in [0.2, 0.25) is 0 Å². The van der Waals surface area contributed by atoms with Crippen LogP contribution in [0.3, 0.4) is 0 Å². The number of nitrogens with one attached hydrogen (secondary N) is 4. The van der Waals surface area contributed by atoms with Crippen LogP contribution in [0.15, 0.2) is 52.3 Å². The maximum atomic E-state index is 12.5. The number of hydrogen-bond donors (Lipinski definition) is 4. The van der Waals surface area contributed by atoms with Gasteiger partial charge >= 0.3 is 0 Å². The van der Waals surface area contributed by atoms with Gasteiger partial charge in [0.15, 0.2) is 6.19 Å². The number of aromatic amines is 1. The summed E-state index contributed by atoms with van der Waals surface area (Å²) in [4.78, 5) is 27.7. The number of hydrogen-bond acceptors (Lipinski definition) is 5. The minimum atomic E-state index is -0.348. The fourth-order valence-electron chi connectivity index (χ4n) is 3.89. The van der Waals surface area contributed by atoms with Crippen LogP contribution in [0.5, 0.6) is 0 Å². The molecule has 1 aliphatic carbocycles. The highest BCUT2D eigenvalue weighted by Crippen LogP contribution is 2.39. The van der Waals surface area contributed by atoms with Crippen molar-refractivity contribution >= 4 is 11.9 Å². The van der Waals surface area contributed by atoms with Crippen LogP contribution >= 0.6 is 0 Å². The van der Waals surface area contributed by atoms with Crippen LogP contribution < -0.4 is 21.5 Å². The first-order valence-corrected chi connectivity index (χ1v) is 9.84. The van der Waals surface area contributed by atoms with E-state index in [0.717, 1.165) is 25.7 Å². The lowest BCUT2D eigenvalue weighted by molar-refractivity contribution is 0.0929. The Kier molecular flexibility index (Phi) is 6.80. The van der Waals surface area contributed by atoms with Gasteiger partial charge in [0, 0.05) is 31.1 Å². The first-order valence-electron chi connectivity index (χ1n) is 9.84. The highest BCUT2D eigenvalue weighted by Gasteiger charge is 2.37. The number of aliphatic imine (C=N–C) groups is 1. The van der Waals surface area contributed by atoms with Gasteiger partial charge < -0.3 is 10.6 Å². The molecule has 0 spiro atoms. The number of carbonyl (C=O) groups excluding carboxylic acids is 1. The Labute approximate surface area is 174 Å². The zero-order valence-corrected chi connectivity index (χ0v) is 16.8. The molecule has 0 bridgehead atoms. The van der Waals surface area contributed by atoms with E-state index in [1.54, 1.807) is 7.05 Å². The first kappa shape index (κ1) is 21.0. The average Bonchev–Trinajstić information content (AvgIpc) is 2.79. The first-order chi connectivity index (χ1) is 14.6. The summed E-state index contributed by atoms with van der Waals surface area (Å²) in [6, 6.07) is 13.1. The van der Waals surface area contributed by atoms with E-state index in [1.807, 2.05) is 24.4 Å². The van der Waals surface area contributed by atoms with E-state index in [4.69, 9.17) is 5.26 Å². The van der Waals surface area contributed by atoms with E-state index in [1.165, 1.54) is 17.7 Å². The van der Waals surface area contributed by atoms with Crippen LogP contribution in [-0.2, 0) is 5.41 Å². The predicted molar refractivity (Wildman–Crippen MR) is 113 cm³/mol. The lowest BCUT2D eigenvalue weighted by Crippen LogP contribution is -2.49. The number of carbonyl (C=O) groups is 1. The van der Waals surface area contributed by atoms with E-state index >= 15 is 0 Å². The molecule has 1 amide bonds. The Morgan fingerprint density at radius 1 is 1.27 bits per heavy atom. The minimum Gasteiger partial charge on any atom is -0.353 e. The highest BCUT2D eigenvalue weighted by atomic mass is 16.2. The van der Waals surface area contributed by atoms with Gasteiger partial charge in [-0.15, -0.1) is 0 Å². The van der Waals surface area contributed by atoms with Gasteiger partial charge in [-0.25, -0.2) is 5.10 Å². The summed E-state index contributed by atoms with van der Waals surface area (Å²) in [5.74, 6) is 0.146. The molecule has 3 rings (SSSR count). The third-order valence-corrected chi connectivity index (χ3v) is 5.57. The molecular weight excluding hydrogens is 382 g/mol. The monoisotopic (exact) mass is 407 g/mol. The maximum absolute atomic E-state index is 12.5. The van der Waals surface area contributed by atoms with Gasteiger partial charge in [-0.3, -0.25) is 19.9 Å². The number of nitrogens with zero attached hydrogens (tertiary/aromatic N) is 3. The molecular formula is C21H25N7O2. The summed E-state index contributed by atoms with van der Waals surface area (Å²) in [7, 11) is 1.63. The molecule has 156 valence electrons. The van der Waals surface area contributed by atoms with Crippen molar-refractivity contribution in [3.63, 3.8) is 0 Å². The molecule has 9 nitrogen and oxygen atoms in total. The molecule has 0 atom stereocenters. The Bertz CT molecular complexity index is 966. The Morgan fingerprint density at radius 3 is 2.60 bits per heavy atom. The van der Waals surface area contributed by atoms with Crippen molar-refractivity contribution in [2.24, 2.45) is 4.99 Å². The molecule has 1 saturated carbocycles. The number of guanidine groups is 1. The van der Waals surface area contributed by atoms with Crippen molar-refractivity contribution in [3.8, 4) is 6.19 Å².